The quantitative estimate of drug-likeness (QED) is 0.841. The Morgan fingerprint density at radius 3 is 2.50 bits per heavy atom. The van der Waals surface area contributed by atoms with Crippen molar-refractivity contribution in [1.82, 2.24) is 15.6 Å². The first kappa shape index (κ1) is 18.9. The summed E-state index contributed by atoms with van der Waals surface area (Å²) in [4.78, 5) is 16.5. The van der Waals surface area contributed by atoms with Gasteiger partial charge in [-0.15, -0.1) is 11.3 Å². The number of urea groups is 1. The van der Waals surface area contributed by atoms with Crippen LogP contribution in [0.2, 0.25) is 0 Å². The molecule has 22 heavy (non-hydrogen) atoms. The number of carbonyl (C=O) groups is 1. The highest BCUT2D eigenvalue weighted by Crippen LogP contribution is 2.23. The van der Waals surface area contributed by atoms with Crippen LogP contribution in [-0.2, 0) is 16.7 Å². The third-order valence-electron chi connectivity index (χ3n) is 3.45. The largest absolute Gasteiger partial charge is 0.379 e. The Morgan fingerprint density at radius 2 is 2.00 bits per heavy atom. The summed E-state index contributed by atoms with van der Waals surface area (Å²) in [5.74, 6) is 0. The van der Waals surface area contributed by atoms with Gasteiger partial charge in [-0.1, -0.05) is 20.8 Å². The molecule has 1 rings (SSSR count). The minimum absolute atomic E-state index is 0.0383. The van der Waals surface area contributed by atoms with E-state index in [0.29, 0.717) is 6.54 Å². The lowest BCUT2D eigenvalue weighted by molar-refractivity contribution is 0.00950. The predicted molar refractivity (Wildman–Crippen MR) is 91.4 cm³/mol. The number of nitrogens with zero attached hydrogens (tertiary/aromatic N) is 1. The van der Waals surface area contributed by atoms with Crippen LogP contribution < -0.4 is 10.6 Å². The summed E-state index contributed by atoms with van der Waals surface area (Å²) in [6.45, 7) is 12.8. The highest BCUT2D eigenvalue weighted by Gasteiger charge is 2.21. The maximum Gasteiger partial charge on any atom is 0.315 e. The Labute approximate surface area is 137 Å². The van der Waals surface area contributed by atoms with E-state index in [9.17, 15) is 4.79 Å². The van der Waals surface area contributed by atoms with Gasteiger partial charge in [-0.3, -0.25) is 0 Å². The second kappa shape index (κ2) is 7.42. The molecule has 1 heterocycles. The Kier molecular flexibility index (Phi) is 6.38. The molecule has 5 nitrogen and oxygen atoms in total. The zero-order valence-corrected chi connectivity index (χ0v) is 15.6. The molecular weight excluding hydrogens is 298 g/mol. The van der Waals surface area contributed by atoms with E-state index in [1.165, 1.54) is 0 Å². The second-order valence-corrected chi connectivity index (χ2v) is 8.22. The molecule has 126 valence electrons. The molecule has 0 unspecified atom stereocenters. The number of methoxy groups -OCH3 is 1. The van der Waals surface area contributed by atoms with Crippen molar-refractivity contribution in [2.75, 3.05) is 7.11 Å². The summed E-state index contributed by atoms with van der Waals surface area (Å²) < 4.78 is 5.37. The van der Waals surface area contributed by atoms with Gasteiger partial charge in [0.05, 0.1) is 17.8 Å². The van der Waals surface area contributed by atoms with E-state index in [0.717, 1.165) is 17.1 Å². The Hall–Kier alpha value is -1.14. The molecule has 1 aromatic heterocycles. The molecular formula is C16H29N3O2S. The Balaban J connectivity index is 2.42. The van der Waals surface area contributed by atoms with E-state index in [1.807, 2.05) is 20.8 Å². The average Bonchev–Trinajstić information content (AvgIpc) is 2.84. The minimum Gasteiger partial charge on any atom is -0.379 e. The third-order valence-corrected chi connectivity index (χ3v) is 4.30. The van der Waals surface area contributed by atoms with Gasteiger partial charge in [-0.25, -0.2) is 9.78 Å². The van der Waals surface area contributed by atoms with Crippen molar-refractivity contribution in [3.05, 3.63) is 16.1 Å². The van der Waals surface area contributed by atoms with Gasteiger partial charge in [0.1, 0.15) is 5.01 Å². The van der Waals surface area contributed by atoms with Crippen LogP contribution in [0, 0.1) is 0 Å². The Bertz CT molecular complexity index is 492. The van der Waals surface area contributed by atoms with Gasteiger partial charge < -0.3 is 15.4 Å². The van der Waals surface area contributed by atoms with Crippen LogP contribution in [0.4, 0.5) is 4.79 Å². The predicted octanol–water partition coefficient (Wildman–Crippen LogP) is 3.44. The maximum absolute atomic E-state index is 11.9. The number of nitrogens with one attached hydrogen (secondary N) is 2. The van der Waals surface area contributed by atoms with Gasteiger partial charge in [0.2, 0.25) is 0 Å². The number of thiazole rings is 1. The van der Waals surface area contributed by atoms with E-state index in [2.05, 4.69) is 41.8 Å². The van der Waals surface area contributed by atoms with Gasteiger partial charge >= 0.3 is 6.03 Å². The number of hydrogen-bond donors (Lipinski definition) is 2. The maximum atomic E-state index is 11.9. The van der Waals surface area contributed by atoms with Gasteiger partial charge in [-0.05, 0) is 27.2 Å². The van der Waals surface area contributed by atoms with Crippen LogP contribution in [0.3, 0.4) is 0 Å². The molecule has 0 bridgehead atoms. The van der Waals surface area contributed by atoms with Gasteiger partial charge in [-0.2, -0.15) is 0 Å². The van der Waals surface area contributed by atoms with Crippen molar-refractivity contribution >= 4 is 17.4 Å². The first-order valence-corrected chi connectivity index (χ1v) is 8.46. The third kappa shape index (κ3) is 6.32. The summed E-state index contributed by atoms with van der Waals surface area (Å²) in [5.41, 5.74) is 0.853. The molecule has 0 saturated carbocycles. The lowest BCUT2D eigenvalue weighted by Crippen LogP contribution is -2.43. The molecule has 1 atom stereocenters. The number of carbonyl (C=O) groups excluding carboxylic acids is 1. The lowest BCUT2D eigenvalue weighted by Gasteiger charge is -2.27. The van der Waals surface area contributed by atoms with E-state index in [4.69, 9.17) is 4.74 Å². The number of aromatic nitrogens is 1. The van der Waals surface area contributed by atoms with Crippen LogP contribution in [0.25, 0.3) is 0 Å². The molecule has 2 N–H and O–H groups in total. The van der Waals surface area contributed by atoms with E-state index in [-0.39, 0.29) is 23.1 Å². The standard InChI is InChI=1S/C16H29N3O2S/c1-11(8-16(5,6)21-7)18-14(20)17-9-13-19-12(10-22-13)15(2,3)4/h10-11H,8-9H2,1-7H3,(H2,17,18,20)/t11-/m0/s1. The molecule has 0 aliphatic carbocycles. The van der Waals surface area contributed by atoms with Gasteiger partial charge in [0, 0.05) is 23.9 Å². The molecule has 0 aromatic carbocycles. The molecule has 0 saturated heterocycles. The van der Waals surface area contributed by atoms with Crippen LogP contribution >= 0.6 is 11.3 Å². The van der Waals surface area contributed by atoms with E-state index >= 15 is 0 Å². The van der Waals surface area contributed by atoms with Crippen LogP contribution in [0.1, 0.15) is 58.7 Å². The molecule has 6 heteroatoms. The fraction of sp³-hybridized carbons (Fsp3) is 0.750. The molecule has 2 amide bonds. The van der Waals surface area contributed by atoms with Crippen molar-refractivity contribution < 1.29 is 9.53 Å². The topological polar surface area (TPSA) is 63.2 Å². The minimum atomic E-state index is -0.246. The van der Waals surface area contributed by atoms with E-state index < -0.39 is 0 Å². The zero-order valence-electron chi connectivity index (χ0n) is 14.7. The molecule has 0 aliphatic heterocycles. The second-order valence-electron chi connectivity index (χ2n) is 7.27. The van der Waals surface area contributed by atoms with Crippen molar-refractivity contribution in [3.63, 3.8) is 0 Å². The highest BCUT2D eigenvalue weighted by atomic mass is 32.1. The summed E-state index contributed by atoms with van der Waals surface area (Å²) in [5, 5.41) is 8.76. The van der Waals surface area contributed by atoms with Crippen LogP contribution in [-0.4, -0.2) is 29.8 Å². The highest BCUT2D eigenvalue weighted by molar-refractivity contribution is 7.09. The van der Waals surface area contributed by atoms with Crippen LogP contribution in [0.15, 0.2) is 5.38 Å². The lowest BCUT2D eigenvalue weighted by atomic mass is 9.93. The number of hydrogen-bond acceptors (Lipinski definition) is 4. The first-order chi connectivity index (χ1) is 10.0. The number of ether oxygens (including phenoxy) is 1. The molecule has 0 radical (unpaired) electrons. The number of rotatable bonds is 6. The average molecular weight is 327 g/mol. The van der Waals surface area contributed by atoms with E-state index in [1.54, 1.807) is 18.4 Å². The van der Waals surface area contributed by atoms with Crippen LogP contribution in [0.5, 0.6) is 0 Å². The first-order valence-electron chi connectivity index (χ1n) is 7.58. The molecule has 0 fully saturated rings. The van der Waals surface area contributed by atoms with Gasteiger partial charge in [0.25, 0.3) is 0 Å². The SMILES string of the molecule is COC(C)(C)C[C@H](C)NC(=O)NCc1nc(C(C)(C)C)cs1. The smallest absolute Gasteiger partial charge is 0.315 e. The molecule has 0 spiro atoms. The summed E-state index contributed by atoms with van der Waals surface area (Å²) in [6.07, 6.45) is 0.752. The fourth-order valence-corrected chi connectivity index (χ4v) is 3.00. The van der Waals surface area contributed by atoms with Gasteiger partial charge in [0.15, 0.2) is 0 Å². The summed E-state index contributed by atoms with van der Waals surface area (Å²) in [6, 6.07) is -0.136. The number of amides is 2. The van der Waals surface area contributed by atoms with Crippen molar-refractivity contribution in [2.45, 2.75) is 71.6 Å². The normalized spacial score (nSPS) is 13.8. The monoisotopic (exact) mass is 327 g/mol. The summed E-state index contributed by atoms with van der Waals surface area (Å²) in [7, 11) is 1.68. The van der Waals surface area contributed by atoms with Crippen molar-refractivity contribution in [1.29, 1.82) is 0 Å². The van der Waals surface area contributed by atoms with Crippen molar-refractivity contribution in [2.24, 2.45) is 0 Å². The fourth-order valence-electron chi connectivity index (χ4n) is 2.04. The zero-order chi connectivity index (χ0) is 17.0. The van der Waals surface area contributed by atoms with Crippen molar-refractivity contribution in [3.8, 4) is 0 Å². The molecule has 1 aromatic rings. The molecule has 0 aliphatic rings. The summed E-state index contributed by atoms with van der Waals surface area (Å²) >= 11 is 1.58. The Morgan fingerprint density at radius 1 is 1.36 bits per heavy atom.